The second-order valence-electron chi connectivity index (χ2n) is 6.67. The van der Waals surface area contributed by atoms with E-state index in [1.54, 1.807) is 11.3 Å². The lowest BCUT2D eigenvalue weighted by Crippen LogP contribution is -2.35. The van der Waals surface area contributed by atoms with Crippen molar-refractivity contribution in [1.29, 1.82) is 0 Å². The second kappa shape index (κ2) is 7.40. The summed E-state index contributed by atoms with van der Waals surface area (Å²) < 4.78 is 38.2. The van der Waals surface area contributed by atoms with Gasteiger partial charge in [-0.1, -0.05) is 12.1 Å². The molecule has 7 heteroatoms. The van der Waals surface area contributed by atoms with E-state index in [1.165, 1.54) is 17.0 Å². The maximum atomic E-state index is 12.7. The summed E-state index contributed by atoms with van der Waals surface area (Å²) in [6.45, 7) is 5.06. The Hall–Kier alpha value is -1.86. The molecule has 0 saturated carbocycles. The van der Waals surface area contributed by atoms with Crippen LogP contribution in [0.2, 0.25) is 0 Å². The zero-order valence-corrected chi connectivity index (χ0v) is 15.4. The van der Waals surface area contributed by atoms with Gasteiger partial charge in [0.05, 0.1) is 17.5 Å². The number of benzene rings is 1. The van der Waals surface area contributed by atoms with Crippen LogP contribution in [-0.2, 0) is 11.0 Å². The Morgan fingerprint density at radius 1 is 1.19 bits per heavy atom. The molecule has 1 aromatic carbocycles. The minimum Gasteiger partial charge on any atom is -0.348 e. The molecule has 0 spiro atoms. The standard InChI is InChI=1S/C19H21F3N2OS/c1-11-3-8-17(26-11)12(2)24-18(25)16-10-23-9-15(16)13-4-6-14(7-5-13)19(20,21)22/h3-8,12,15-16,23H,9-10H2,1-2H3,(H,24,25)/t12-,15?,16+/m0/s1. The van der Waals surface area contributed by atoms with Gasteiger partial charge in [-0.15, -0.1) is 11.3 Å². The van der Waals surface area contributed by atoms with E-state index in [1.807, 2.05) is 26.0 Å². The van der Waals surface area contributed by atoms with Gasteiger partial charge in [-0.3, -0.25) is 4.79 Å². The van der Waals surface area contributed by atoms with Crippen LogP contribution >= 0.6 is 11.3 Å². The smallest absolute Gasteiger partial charge is 0.348 e. The lowest BCUT2D eigenvalue weighted by Gasteiger charge is -2.21. The quantitative estimate of drug-likeness (QED) is 0.830. The molecule has 1 fully saturated rings. The van der Waals surface area contributed by atoms with E-state index in [0.717, 1.165) is 22.6 Å². The molecule has 140 valence electrons. The highest BCUT2D eigenvalue weighted by molar-refractivity contribution is 7.12. The van der Waals surface area contributed by atoms with Crippen LogP contribution in [0.5, 0.6) is 0 Å². The van der Waals surface area contributed by atoms with Gasteiger partial charge in [0.2, 0.25) is 5.91 Å². The largest absolute Gasteiger partial charge is 0.416 e. The molecule has 2 N–H and O–H groups in total. The molecule has 1 unspecified atom stereocenters. The van der Waals surface area contributed by atoms with Crippen molar-refractivity contribution in [2.45, 2.75) is 32.0 Å². The van der Waals surface area contributed by atoms with Gasteiger partial charge in [0.1, 0.15) is 0 Å². The highest BCUT2D eigenvalue weighted by Gasteiger charge is 2.35. The Bertz CT molecular complexity index is 770. The Morgan fingerprint density at radius 2 is 1.88 bits per heavy atom. The Morgan fingerprint density at radius 3 is 2.46 bits per heavy atom. The molecular formula is C19H21F3N2OS. The molecule has 26 heavy (non-hydrogen) atoms. The summed E-state index contributed by atoms with van der Waals surface area (Å²) in [5, 5.41) is 6.22. The van der Waals surface area contributed by atoms with Crippen molar-refractivity contribution in [2.24, 2.45) is 5.92 Å². The predicted molar refractivity (Wildman–Crippen MR) is 96.2 cm³/mol. The van der Waals surface area contributed by atoms with Crippen molar-refractivity contribution in [3.63, 3.8) is 0 Å². The molecule has 1 aromatic heterocycles. The first kappa shape index (κ1) is 18.9. The van der Waals surface area contributed by atoms with Crippen molar-refractivity contribution < 1.29 is 18.0 Å². The molecular weight excluding hydrogens is 361 g/mol. The SMILES string of the molecule is Cc1ccc([C@H](C)NC(=O)[C@@H]2CNCC2c2ccc(C(F)(F)F)cc2)s1. The zero-order chi connectivity index (χ0) is 18.9. The average molecular weight is 382 g/mol. The number of thiophene rings is 1. The van der Waals surface area contributed by atoms with Crippen LogP contribution in [0.4, 0.5) is 13.2 Å². The molecule has 0 aliphatic carbocycles. The number of halogens is 3. The van der Waals surface area contributed by atoms with Gasteiger partial charge in [-0.2, -0.15) is 13.2 Å². The topological polar surface area (TPSA) is 41.1 Å². The number of carbonyl (C=O) groups is 1. The monoisotopic (exact) mass is 382 g/mol. The van der Waals surface area contributed by atoms with E-state index in [9.17, 15) is 18.0 Å². The summed E-state index contributed by atoms with van der Waals surface area (Å²) in [5.74, 6) is -0.497. The van der Waals surface area contributed by atoms with E-state index < -0.39 is 11.7 Å². The summed E-state index contributed by atoms with van der Waals surface area (Å²) in [6, 6.07) is 9.06. The number of hydrogen-bond donors (Lipinski definition) is 2. The van der Waals surface area contributed by atoms with Crippen molar-refractivity contribution in [2.75, 3.05) is 13.1 Å². The summed E-state index contributed by atoms with van der Waals surface area (Å²) in [6.07, 6.45) is -4.35. The number of hydrogen-bond acceptors (Lipinski definition) is 3. The van der Waals surface area contributed by atoms with E-state index >= 15 is 0 Å². The fraction of sp³-hybridized carbons (Fsp3) is 0.421. The zero-order valence-electron chi connectivity index (χ0n) is 14.6. The summed E-state index contributed by atoms with van der Waals surface area (Å²) in [5.41, 5.74) is 0.0812. The second-order valence-corrected chi connectivity index (χ2v) is 7.99. The maximum absolute atomic E-state index is 12.7. The fourth-order valence-electron chi connectivity index (χ4n) is 3.30. The average Bonchev–Trinajstić information content (AvgIpc) is 3.23. The van der Waals surface area contributed by atoms with E-state index in [4.69, 9.17) is 0 Å². The summed E-state index contributed by atoms with van der Waals surface area (Å²) in [4.78, 5) is 15.0. The van der Waals surface area contributed by atoms with Gasteiger partial charge in [-0.25, -0.2) is 0 Å². The summed E-state index contributed by atoms with van der Waals surface area (Å²) >= 11 is 1.64. The van der Waals surface area contributed by atoms with Crippen molar-refractivity contribution >= 4 is 17.2 Å². The van der Waals surface area contributed by atoms with Crippen LogP contribution in [0.15, 0.2) is 36.4 Å². The Balaban J connectivity index is 1.70. The number of carbonyl (C=O) groups excluding carboxylic acids is 1. The van der Waals surface area contributed by atoms with E-state index in [0.29, 0.717) is 13.1 Å². The first-order valence-corrected chi connectivity index (χ1v) is 9.32. The molecule has 0 bridgehead atoms. The molecule has 2 heterocycles. The first-order chi connectivity index (χ1) is 12.3. The van der Waals surface area contributed by atoms with E-state index in [2.05, 4.69) is 10.6 Å². The van der Waals surface area contributed by atoms with Gasteiger partial charge >= 0.3 is 6.18 Å². The number of aryl methyl sites for hydroxylation is 1. The molecule has 1 saturated heterocycles. The van der Waals surface area contributed by atoms with Gasteiger partial charge < -0.3 is 10.6 Å². The predicted octanol–water partition coefficient (Wildman–Crippen LogP) is 4.26. The Kier molecular flexibility index (Phi) is 5.39. The van der Waals surface area contributed by atoms with Gasteiger partial charge in [-0.05, 0) is 43.7 Å². The fourth-order valence-corrected chi connectivity index (χ4v) is 4.18. The van der Waals surface area contributed by atoms with Crippen LogP contribution in [0.1, 0.15) is 39.8 Å². The highest BCUT2D eigenvalue weighted by Crippen LogP contribution is 2.33. The molecule has 3 nitrogen and oxygen atoms in total. The van der Waals surface area contributed by atoms with Gasteiger partial charge in [0.15, 0.2) is 0 Å². The normalized spacial score (nSPS) is 21.6. The minimum atomic E-state index is -4.35. The molecule has 3 atom stereocenters. The van der Waals surface area contributed by atoms with Crippen molar-refractivity contribution in [3.8, 4) is 0 Å². The third-order valence-corrected chi connectivity index (χ3v) is 5.95. The number of amides is 1. The number of rotatable bonds is 4. The molecule has 1 aliphatic rings. The van der Waals surface area contributed by atoms with Crippen LogP contribution in [0.25, 0.3) is 0 Å². The molecule has 3 rings (SSSR count). The maximum Gasteiger partial charge on any atom is 0.416 e. The first-order valence-electron chi connectivity index (χ1n) is 8.50. The Labute approximate surface area is 154 Å². The molecule has 0 radical (unpaired) electrons. The third kappa shape index (κ3) is 4.10. The van der Waals surface area contributed by atoms with Crippen LogP contribution in [0.3, 0.4) is 0 Å². The minimum absolute atomic E-state index is 0.0709. The third-order valence-electron chi connectivity index (χ3n) is 4.76. The van der Waals surface area contributed by atoms with E-state index in [-0.39, 0.29) is 23.8 Å². The lowest BCUT2D eigenvalue weighted by atomic mass is 9.87. The number of alkyl halides is 3. The molecule has 1 aliphatic heterocycles. The summed E-state index contributed by atoms with van der Waals surface area (Å²) in [7, 11) is 0. The molecule has 2 aromatic rings. The van der Waals surface area contributed by atoms with Crippen LogP contribution in [0, 0.1) is 12.8 Å². The van der Waals surface area contributed by atoms with Crippen LogP contribution < -0.4 is 10.6 Å². The van der Waals surface area contributed by atoms with Gasteiger partial charge in [0, 0.05) is 28.8 Å². The number of nitrogens with one attached hydrogen (secondary N) is 2. The van der Waals surface area contributed by atoms with Crippen molar-refractivity contribution in [1.82, 2.24) is 10.6 Å². The van der Waals surface area contributed by atoms with Crippen LogP contribution in [-0.4, -0.2) is 19.0 Å². The van der Waals surface area contributed by atoms with Crippen molar-refractivity contribution in [3.05, 3.63) is 57.3 Å². The molecule has 1 amide bonds. The highest BCUT2D eigenvalue weighted by atomic mass is 32.1. The van der Waals surface area contributed by atoms with Gasteiger partial charge in [0.25, 0.3) is 0 Å². The lowest BCUT2D eigenvalue weighted by molar-refractivity contribution is -0.137.